The molecule has 1 aliphatic heterocycles. The Morgan fingerprint density at radius 1 is 1.62 bits per heavy atom. The number of rotatable bonds is 4. The Bertz CT molecular complexity index is 175. The number of nitrogens with zero attached hydrogens (tertiary/aromatic N) is 1. The minimum atomic E-state index is -0.370. The SMILES string of the molecule is CCCCCN1C(=S)NCCC1O. The summed E-state index contributed by atoms with van der Waals surface area (Å²) in [6.45, 7) is 3.84. The van der Waals surface area contributed by atoms with Gasteiger partial charge in [-0.3, -0.25) is 0 Å². The number of nitrogens with one attached hydrogen (secondary N) is 1. The first-order valence-electron chi connectivity index (χ1n) is 4.98. The van der Waals surface area contributed by atoms with Crippen molar-refractivity contribution in [1.29, 1.82) is 0 Å². The Hall–Kier alpha value is -0.350. The van der Waals surface area contributed by atoms with Crippen LogP contribution >= 0.6 is 12.2 Å². The Kier molecular flexibility index (Phi) is 4.45. The van der Waals surface area contributed by atoms with Gasteiger partial charge in [-0.15, -0.1) is 0 Å². The fraction of sp³-hybridized carbons (Fsp3) is 0.889. The van der Waals surface area contributed by atoms with Crippen molar-refractivity contribution in [3.8, 4) is 0 Å². The van der Waals surface area contributed by atoms with Crippen LogP contribution in [0.15, 0.2) is 0 Å². The summed E-state index contributed by atoms with van der Waals surface area (Å²) in [7, 11) is 0. The highest BCUT2D eigenvalue weighted by molar-refractivity contribution is 7.80. The van der Waals surface area contributed by atoms with Gasteiger partial charge in [0.05, 0.1) is 0 Å². The van der Waals surface area contributed by atoms with Crippen LogP contribution in [0, 0.1) is 0 Å². The third-order valence-corrected chi connectivity index (χ3v) is 2.68. The molecule has 1 saturated heterocycles. The molecule has 0 amide bonds. The molecule has 4 heteroatoms. The molecule has 13 heavy (non-hydrogen) atoms. The van der Waals surface area contributed by atoms with E-state index in [9.17, 15) is 5.11 Å². The molecule has 1 heterocycles. The highest BCUT2D eigenvalue weighted by atomic mass is 32.1. The molecule has 1 rings (SSSR count). The number of hydrogen-bond acceptors (Lipinski definition) is 2. The summed E-state index contributed by atoms with van der Waals surface area (Å²) >= 11 is 5.11. The number of hydrogen-bond donors (Lipinski definition) is 2. The van der Waals surface area contributed by atoms with E-state index in [4.69, 9.17) is 12.2 Å². The van der Waals surface area contributed by atoms with Gasteiger partial charge in [-0.1, -0.05) is 19.8 Å². The zero-order valence-corrected chi connectivity index (χ0v) is 8.94. The van der Waals surface area contributed by atoms with Crippen molar-refractivity contribution >= 4 is 17.3 Å². The van der Waals surface area contributed by atoms with Crippen LogP contribution in [0.25, 0.3) is 0 Å². The van der Waals surface area contributed by atoms with Crippen LogP contribution in [0.1, 0.15) is 32.6 Å². The van der Waals surface area contributed by atoms with Gasteiger partial charge in [-0.05, 0) is 18.6 Å². The van der Waals surface area contributed by atoms with E-state index in [1.165, 1.54) is 12.8 Å². The van der Waals surface area contributed by atoms with Crippen LogP contribution in [0.3, 0.4) is 0 Å². The van der Waals surface area contributed by atoms with Gasteiger partial charge in [-0.25, -0.2) is 0 Å². The largest absolute Gasteiger partial charge is 0.373 e. The summed E-state index contributed by atoms with van der Waals surface area (Å²) in [5.74, 6) is 0. The van der Waals surface area contributed by atoms with Crippen LogP contribution in [0.5, 0.6) is 0 Å². The maximum Gasteiger partial charge on any atom is 0.170 e. The summed E-state index contributed by atoms with van der Waals surface area (Å²) in [4.78, 5) is 1.88. The topological polar surface area (TPSA) is 35.5 Å². The molecular formula is C9H18N2OS. The van der Waals surface area contributed by atoms with Gasteiger partial charge in [0.15, 0.2) is 5.11 Å². The number of aliphatic hydroxyl groups is 1. The van der Waals surface area contributed by atoms with Crippen molar-refractivity contribution in [2.24, 2.45) is 0 Å². The molecule has 3 nitrogen and oxygen atoms in total. The normalized spacial score (nSPS) is 23.1. The molecular weight excluding hydrogens is 184 g/mol. The first-order chi connectivity index (χ1) is 6.25. The minimum Gasteiger partial charge on any atom is -0.373 e. The Balaban J connectivity index is 2.31. The predicted octanol–water partition coefficient (Wildman–Crippen LogP) is 1.08. The van der Waals surface area contributed by atoms with Crippen LogP contribution in [-0.2, 0) is 0 Å². The molecule has 1 aliphatic rings. The second kappa shape index (κ2) is 5.40. The summed E-state index contributed by atoms with van der Waals surface area (Å²) in [5.41, 5.74) is 0. The lowest BCUT2D eigenvalue weighted by Crippen LogP contribution is -2.52. The summed E-state index contributed by atoms with van der Waals surface area (Å²) in [5, 5.41) is 13.4. The fourth-order valence-electron chi connectivity index (χ4n) is 1.48. The predicted molar refractivity (Wildman–Crippen MR) is 57.5 cm³/mol. The lowest BCUT2D eigenvalue weighted by molar-refractivity contribution is 0.0350. The van der Waals surface area contributed by atoms with Gasteiger partial charge < -0.3 is 15.3 Å². The molecule has 0 aromatic rings. The molecule has 1 atom stereocenters. The van der Waals surface area contributed by atoms with E-state index in [2.05, 4.69) is 12.2 Å². The van der Waals surface area contributed by atoms with E-state index in [0.717, 1.165) is 25.9 Å². The van der Waals surface area contributed by atoms with Crippen LogP contribution < -0.4 is 5.32 Å². The molecule has 0 aromatic carbocycles. The van der Waals surface area contributed by atoms with Gasteiger partial charge in [0.25, 0.3) is 0 Å². The van der Waals surface area contributed by atoms with Crippen molar-refractivity contribution in [3.63, 3.8) is 0 Å². The van der Waals surface area contributed by atoms with Crippen LogP contribution in [0.2, 0.25) is 0 Å². The third kappa shape index (κ3) is 3.12. The van der Waals surface area contributed by atoms with Crippen molar-refractivity contribution < 1.29 is 5.11 Å². The zero-order chi connectivity index (χ0) is 9.68. The highest BCUT2D eigenvalue weighted by Crippen LogP contribution is 2.09. The standard InChI is InChI=1S/C9H18N2OS/c1-2-3-4-7-11-8(12)5-6-10-9(11)13/h8,12H,2-7H2,1H3,(H,10,13). The molecule has 0 saturated carbocycles. The quantitative estimate of drug-likeness (QED) is 0.528. The maximum absolute atomic E-state index is 9.64. The third-order valence-electron chi connectivity index (χ3n) is 2.30. The molecule has 0 bridgehead atoms. The van der Waals surface area contributed by atoms with Gasteiger partial charge in [0, 0.05) is 19.5 Å². The molecule has 0 aromatic heterocycles. The highest BCUT2D eigenvalue weighted by Gasteiger charge is 2.21. The molecule has 76 valence electrons. The number of aliphatic hydroxyl groups excluding tert-OH is 1. The van der Waals surface area contributed by atoms with E-state index in [0.29, 0.717) is 5.11 Å². The second-order valence-corrected chi connectivity index (χ2v) is 3.79. The molecule has 0 radical (unpaired) electrons. The fourth-order valence-corrected chi connectivity index (χ4v) is 1.80. The molecule has 2 N–H and O–H groups in total. The Morgan fingerprint density at radius 2 is 2.38 bits per heavy atom. The van der Waals surface area contributed by atoms with E-state index < -0.39 is 0 Å². The number of unbranched alkanes of at least 4 members (excludes halogenated alkanes) is 2. The minimum absolute atomic E-state index is 0.370. The lowest BCUT2D eigenvalue weighted by atomic mass is 10.2. The van der Waals surface area contributed by atoms with Crippen molar-refractivity contribution in [1.82, 2.24) is 10.2 Å². The van der Waals surface area contributed by atoms with E-state index in [1.807, 2.05) is 4.90 Å². The average molecular weight is 202 g/mol. The summed E-state index contributed by atoms with van der Waals surface area (Å²) in [6, 6.07) is 0. The summed E-state index contributed by atoms with van der Waals surface area (Å²) < 4.78 is 0. The van der Waals surface area contributed by atoms with E-state index >= 15 is 0 Å². The van der Waals surface area contributed by atoms with Gasteiger partial charge in [0.2, 0.25) is 0 Å². The molecule has 1 fully saturated rings. The maximum atomic E-state index is 9.64. The Morgan fingerprint density at radius 3 is 3.00 bits per heavy atom. The zero-order valence-electron chi connectivity index (χ0n) is 8.12. The summed E-state index contributed by atoms with van der Waals surface area (Å²) in [6.07, 6.45) is 3.91. The Labute approximate surface area is 85.1 Å². The molecule has 0 spiro atoms. The smallest absolute Gasteiger partial charge is 0.170 e. The van der Waals surface area contributed by atoms with Crippen LogP contribution in [0.4, 0.5) is 0 Å². The molecule has 1 unspecified atom stereocenters. The van der Waals surface area contributed by atoms with Crippen molar-refractivity contribution in [2.75, 3.05) is 13.1 Å². The van der Waals surface area contributed by atoms with Crippen molar-refractivity contribution in [3.05, 3.63) is 0 Å². The second-order valence-electron chi connectivity index (χ2n) is 3.40. The molecule has 0 aliphatic carbocycles. The monoisotopic (exact) mass is 202 g/mol. The van der Waals surface area contributed by atoms with Gasteiger partial charge >= 0.3 is 0 Å². The number of thiocarbonyl (C=S) groups is 1. The van der Waals surface area contributed by atoms with Crippen LogP contribution in [-0.4, -0.2) is 34.4 Å². The van der Waals surface area contributed by atoms with E-state index in [-0.39, 0.29) is 6.23 Å². The first-order valence-corrected chi connectivity index (χ1v) is 5.39. The lowest BCUT2D eigenvalue weighted by Gasteiger charge is -2.34. The van der Waals surface area contributed by atoms with Crippen molar-refractivity contribution in [2.45, 2.75) is 38.8 Å². The van der Waals surface area contributed by atoms with Gasteiger partial charge in [-0.2, -0.15) is 0 Å². The average Bonchev–Trinajstić information content (AvgIpc) is 2.10. The van der Waals surface area contributed by atoms with E-state index in [1.54, 1.807) is 0 Å². The first kappa shape index (κ1) is 10.7. The van der Waals surface area contributed by atoms with Gasteiger partial charge in [0.1, 0.15) is 6.23 Å².